The summed E-state index contributed by atoms with van der Waals surface area (Å²) in [6.45, 7) is 0. The summed E-state index contributed by atoms with van der Waals surface area (Å²) >= 11 is 11.1. The number of benzene rings is 1. The number of carbonyl (C=O) groups is 1. The molecule has 1 aromatic rings. The molecule has 0 saturated carbocycles. The maximum absolute atomic E-state index is 10.4. The van der Waals surface area contributed by atoms with Crippen LogP contribution in [0.4, 0.5) is 0 Å². The molecule has 0 fully saturated rings. The molecular formula is C8H6Cl2O4. The van der Waals surface area contributed by atoms with E-state index in [1.165, 1.54) is 12.1 Å². The number of phenols is 1. The van der Waals surface area contributed by atoms with Crippen molar-refractivity contribution in [3.8, 4) is 5.75 Å². The minimum absolute atomic E-state index is 0.0884. The van der Waals surface area contributed by atoms with E-state index in [1.54, 1.807) is 0 Å². The molecule has 0 amide bonds. The molecule has 0 aliphatic rings. The van der Waals surface area contributed by atoms with E-state index >= 15 is 0 Å². The molecule has 0 aliphatic carbocycles. The Labute approximate surface area is 89.3 Å². The second kappa shape index (κ2) is 4.04. The van der Waals surface area contributed by atoms with E-state index < -0.39 is 17.8 Å². The van der Waals surface area contributed by atoms with Gasteiger partial charge in [-0.2, -0.15) is 0 Å². The van der Waals surface area contributed by atoms with Crippen LogP contribution in [-0.2, 0) is 4.79 Å². The third-order valence-electron chi connectivity index (χ3n) is 1.63. The smallest absolute Gasteiger partial charge is 0.337 e. The van der Waals surface area contributed by atoms with Gasteiger partial charge in [-0.1, -0.05) is 29.3 Å². The van der Waals surface area contributed by atoms with E-state index in [0.717, 1.165) is 0 Å². The van der Waals surface area contributed by atoms with Crippen molar-refractivity contribution in [2.45, 2.75) is 6.10 Å². The number of aromatic hydroxyl groups is 1. The number of aliphatic hydroxyl groups excluding tert-OH is 1. The molecule has 0 aliphatic heterocycles. The molecule has 6 heteroatoms. The summed E-state index contributed by atoms with van der Waals surface area (Å²) in [5.41, 5.74) is -0.188. The van der Waals surface area contributed by atoms with Crippen LogP contribution < -0.4 is 0 Å². The monoisotopic (exact) mass is 236 g/mol. The molecule has 1 aromatic carbocycles. The number of aliphatic hydroxyl groups is 1. The minimum atomic E-state index is -1.82. The fourth-order valence-corrected chi connectivity index (χ4v) is 1.23. The Bertz CT molecular complexity index is 378. The lowest BCUT2D eigenvalue weighted by Crippen LogP contribution is -2.10. The Morgan fingerprint density at radius 2 is 1.93 bits per heavy atom. The van der Waals surface area contributed by atoms with Crippen LogP contribution in [0.5, 0.6) is 5.75 Å². The van der Waals surface area contributed by atoms with E-state index in [1.807, 2.05) is 0 Å². The molecule has 76 valence electrons. The molecule has 1 rings (SSSR count). The van der Waals surface area contributed by atoms with Crippen molar-refractivity contribution in [3.05, 3.63) is 27.7 Å². The van der Waals surface area contributed by atoms with Crippen molar-refractivity contribution < 1.29 is 20.1 Å². The van der Waals surface area contributed by atoms with Crippen molar-refractivity contribution in [2.75, 3.05) is 0 Å². The summed E-state index contributed by atoms with van der Waals surface area (Å²) in [5.74, 6) is -1.99. The van der Waals surface area contributed by atoms with Gasteiger partial charge in [-0.25, -0.2) is 4.79 Å². The third kappa shape index (κ3) is 1.92. The van der Waals surface area contributed by atoms with Gasteiger partial charge in [0.1, 0.15) is 10.8 Å². The van der Waals surface area contributed by atoms with Gasteiger partial charge in [-0.05, 0) is 6.07 Å². The molecule has 0 heterocycles. The number of carboxylic acids is 1. The second-order valence-electron chi connectivity index (χ2n) is 2.54. The van der Waals surface area contributed by atoms with Gasteiger partial charge in [0.15, 0.2) is 6.10 Å². The van der Waals surface area contributed by atoms with Crippen LogP contribution in [0.2, 0.25) is 10.0 Å². The van der Waals surface area contributed by atoms with E-state index in [-0.39, 0.29) is 15.6 Å². The molecule has 1 unspecified atom stereocenters. The predicted octanol–water partition coefficient (Wildman–Crippen LogP) is 1.82. The standard InChI is InChI=1S/C8H6Cl2O4/c9-4-2-1-3(6(11)5(4)10)7(12)8(13)14/h1-2,7,11-12H,(H,13,14). The normalized spacial score (nSPS) is 12.5. The quantitative estimate of drug-likeness (QED) is 0.732. The molecule has 1 atom stereocenters. The van der Waals surface area contributed by atoms with Crippen LogP contribution in [0.15, 0.2) is 12.1 Å². The molecule has 0 radical (unpaired) electrons. The first-order chi connectivity index (χ1) is 6.45. The lowest BCUT2D eigenvalue weighted by atomic mass is 10.1. The van der Waals surface area contributed by atoms with Crippen LogP contribution in [0.25, 0.3) is 0 Å². The van der Waals surface area contributed by atoms with Gasteiger partial charge in [0.25, 0.3) is 0 Å². The summed E-state index contributed by atoms with van der Waals surface area (Å²) in [4.78, 5) is 10.4. The van der Waals surface area contributed by atoms with E-state index in [9.17, 15) is 9.90 Å². The lowest BCUT2D eigenvalue weighted by molar-refractivity contribution is -0.147. The number of aliphatic carboxylic acids is 1. The van der Waals surface area contributed by atoms with Crippen molar-refractivity contribution in [2.24, 2.45) is 0 Å². The van der Waals surface area contributed by atoms with Gasteiger partial charge >= 0.3 is 5.97 Å². The summed E-state index contributed by atoms with van der Waals surface area (Å²) in [6, 6.07) is 2.49. The van der Waals surface area contributed by atoms with Crippen LogP contribution in [0.3, 0.4) is 0 Å². The van der Waals surface area contributed by atoms with Gasteiger partial charge in [0.05, 0.1) is 5.02 Å². The van der Waals surface area contributed by atoms with Crippen LogP contribution in [0, 0.1) is 0 Å². The fraction of sp³-hybridized carbons (Fsp3) is 0.125. The Kier molecular flexibility index (Phi) is 3.21. The number of rotatable bonds is 2. The van der Waals surface area contributed by atoms with Crippen molar-refractivity contribution >= 4 is 29.2 Å². The maximum atomic E-state index is 10.4. The SMILES string of the molecule is O=C(O)C(O)c1ccc(Cl)c(Cl)c1O. The van der Waals surface area contributed by atoms with Gasteiger partial charge in [0, 0.05) is 5.56 Å². The van der Waals surface area contributed by atoms with Gasteiger partial charge in [0.2, 0.25) is 0 Å². The minimum Gasteiger partial charge on any atom is -0.506 e. The summed E-state index contributed by atoms with van der Waals surface area (Å²) < 4.78 is 0. The summed E-state index contributed by atoms with van der Waals surface area (Å²) in [5, 5.41) is 26.9. The first kappa shape index (κ1) is 11.1. The molecule has 0 bridgehead atoms. The Hall–Kier alpha value is -0.970. The van der Waals surface area contributed by atoms with E-state index in [4.69, 9.17) is 33.4 Å². The van der Waals surface area contributed by atoms with Crippen molar-refractivity contribution in [1.29, 1.82) is 0 Å². The largest absolute Gasteiger partial charge is 0.506 e. The fourth-order valence-electron chi connectivity index (χ4n) is 0.909. The highest BCUT2D eigenvalue weighted by atomic mass is 35.5. The number of carboxylic acid groups (broad SMARTS) is 1. The molecule has 0 spiro atoms. The Balaban J connectivity index is 3.24. The van der Waals surface area contributed by atoms with Crippen molar-refractivity contribution in [1.82, 2.24) is 0 Å². The third-order valence-corrected chi connectivity index (χ3v) is 2.42. The average molecular weight is 237 g/mol. The molecule has 0 aromatic heterocycles. The van der Waals surface area contributed by atoms with Crippen LogP contribution >= 0.6 is 23.2 Å². The van der Waals surface area contributed by atoms with Gasteiger partial charge in [-0.15, -0.1) is 0 Å². The zero-order chi connectivity index (χ0) is 10.9. The molecule has 4 nitrogen and oxygen atoms in total. The molecule has 0 saturated heterocycles. The van der Waals surface area contributed by atoms with E-state index in [0.29, 0.717) is 0 Å². The lowest BCUT2D eigenvalue weighted by Gasteiger charge is -2.09. The second-order valence-corrected chi connectivity index (χ2v) is 3.33. The highest BCUT2D eigenvalue weighted by Gasteiger charge is 2.21. The number of hydrogen-bond acceptors (Lipinski definition) is 3. The average Bonchev–Trinajstić information content (AvgIpc) is 2.13. The van der Waals surface area contributed by atoms with Crippen LogP contribution in [-0.4, -0.2) is 21.3 Å². The predicted molar refractivity (Wildman–Crippen MR) is 50.7 cm³/mol. The number of phenolic OH excluding ortho intramolecular Hbond substituents is 1. The Morgan fingerprint density at radius 3 is 2.43 bits per heavy atom. The first-order valence-corrected chi connectivity index (χ1v) is 4.28. The molecular weight excluding hydrogens is 231 g/mol. The summed E-state index contributed by atoms with van der Waals surface area (Å²) in [6.07, 6.45) is -1.82. The summed E-state index contributed by atoms with van der Waals surface area (Å²) in [7, 11) is 0. The first-order valence-electron chi connectivity index (χ1n) is 3.53. The van der Waals surface area contributed by atoms with Crippen molar-refractivity contribution in [3.63, 3.8) is 0 Å². The van der Waals surface area contributed by atoms with Gasteiger partial charge in [-0.3, -0.25) is 0 Å². The zero-order valence-corrected chi connectivity index (χ0v) is 8.25. The molecule has 3 N–H and O–H groups in total. The number of halogens is 2. The number of hydrogen-bond donors (Lipinski definition) is 3. The molecule has 14 heavy (non-hydrogen) atoms. The highest BCUT2D eigenvalue weighted by molar-refractivity contribution is 6.43. The zero-order valence-electron chi connectivity index (χ0n) is 6.74. The van der Waals surface area contributed by atoms with Gasteiger partial charge < -0.3 is 15.3 Å². The van der Waals surface area contributed by atoms with Crippen LogP contribution in [0.1, 0.15) is 11.7 Å². The maximum Gasteiger partial charge on any atom is 0.337 e. The highest BCUT2D eigenvalue weighted by Crippen LogP contribution is 2.36. The topological polar surface area (TPSA) is 77.8 Å². The van der Waals surface area contributed by atoms with E-state index in [2.05, 4.69) is 0 Å². The Morgan fingerprint density at radius 1 is 1.36 bits per heavy atom.